The molecule has 3 unspecified atom stereocenters. The van der Waals surface area contributed by atoms with E-state index >= 15 is 0 Å². The minimum absolute atomic E-state index is 0.0624. The Balaban J connectivity index is 1.72. The molecule has 2 heterocycles. The van der Waals surface area contributed by atoms with Crippen molar-refractivity contribution in [3.8, 4) is 11.8 Å². The number of carbonyl (C=O) groups is 1. The molecule has 1 aromatic carbocycles. The molecule has 1 aliphatic heterocycles. The summed E-state index contributed by atoms with van der Waals surface area (Å²) >= 11 is 0. The van der Waals surface area contributed by atoms with Gasteiger partial charge in [0.2, 0.25) is 6.41 Å². The molecule has 1 amide bonds. The fourth-order valence-electron chi connectivity index (χ4n) is 3.63. The predicted octanol–water partition coefficient (Wildman–Crippen LogP) is 2.65. The van der Waals surface area contributed by atoms with Gasteiger partial charge >= 0.3 is 0 Å². The van der Waals surface area contributed by atoms with Gasteiger partial charge in [0.15, 0.2) is 0 Å². The first kappa shape index (κ1) is 13.1. The highest BCUT2D eigenvalue weighted by molar-refractivity contribution is 5.54. The van der Waals surface area contributed by atoms with Crippen molar-refractivity contribution in [3.63, 3.8) is 0 Å². The van der Waals surface area contributed by atoms with Crippen LogP contribution in [0.25, 0.3) is 0 Å². The fourth-order valence-corrected chi connectivity index (χ4v) is 3.63. The molecule has 0 bridgehead atoms. The lowest BCUT2D eigenvalue weighted by Crippen LogP contribution is -2.28. The van der Waals surface area contributed by atoms with Crippen LogP contribution in [0.5, 0.6) is 0 Å². The first-order valence-electron chi connectivity index (χ1n) is 7.54. The molecule has 0 N–H and O–H groups in total. The molecule has 2 aromatic rings. The van der Waals surface area contributed by atoms with Gasteiger partial charge in [-0.1, -0.05) is 42.3 Å². The molecule has 1 aromatic heterocycles. The van der Waals surface area contributed by atoms with E-state index in [1.54, 1.807) is 6.20 Å². The maximum atomic E-state index is 11.4. The zero-order valence-corrected chi connectivity index (χ0v) is 12.1. The van der Waals surface area contributed by atoms with Crippen LogP contribution in [0, 0.1) is 23.2 Å². The summed E-state index contributed by atoms with van der Waals surface area (Å²) in [5, 5.41) is 0. The average molecular weight is 288 g/mol. The summed E-state index contributed by atoms with van der Waals surface area (Å²) in [6.07, 6.45) is 3.79. The van der Waals surface area contributed by atoms with Crippen LogP contribution < -0.4 is 0 Å². The molecule has 1 saturated carbocycles. The summed E-state index contributed by atoms with van der Waals surface area (Å²) in [6, 6.07) is 16.0. The van der Waals surface area contributed by atoms with Crippen LogP contribution >= 0.6 is 0 Å². The third kappa shape index (κ3) is 2.00. The van der Waals surface area contributed by atoms with E-state index in [-0.39, 0.29) is 11.5 Å². The maximum absolute atomic E-state index is 11.4. The van der Waals surface area contributed by atoms with Gasteiger partial charge in [-0.2, -0.15) is 0 Å². The van der Waals surface area contributed by atoms with Gasteiger partial charge in [0.1, 0.15) is 5.69 Å². The van der Waals surface area contributed by atoms with Crippen molar-refractivity contribution in [2.24, 2.45) is 11.3 Å². The van der Waals surface area contributed by atoms with Crippen LogP contribution in [0.3, 0.4) is 0 Å². The van der Waals surface area contributed by atoms with Crippen LogP contribution in [0.15, 0.2) is 54.7 Å². The van der Waals surface area contributed by atoms with Crippen molar-refractivity contribution >= 4 is 6.41 Å². The van der Waals surface area contributed by atoms with Crippen LogP contribution in [0.1, 0.15) is 23.7 Å². The van der Waals surface area contributed by atoms with E-state index in [4.69, 9.17) is 0 Å². The van der Waals surface area contributed by atoms with Crippen molar-refractivity contribution in [2.45, 2.75) is 12.5 Å². The Morgan fingerprint density at radius 1 is 1.18 bits per heavy atom. The molecule has 22 heavy (non-hydrogen) atoms. The molecule has 1 saturated heterocycles. The Morgan fingerprint density at radius 2 is 2.00 bits per heavy atom. The van der Waals surface area contributed by atoms with Crippen molar-refractivity contribution in [1.29, 1.82) is 0 Å². The molecule has 2 fully saturated rings. The number of nitrogens with zero attached hydrogens (tertiary/aromatic N) is 2. The molecule has 3 atom stereocenters. The number of pyridine rings is 1. The topological polar surface area (TPSA) is 33.2 Å². The number of fused-ring (bicyclic) bond motifs is 1. The second-order valence-electron chi connectivity index (χ2n) is 6.02. The molecule has 2 aliphatic rings. The molecule has 0 radical (unpaired) electrons. The number of hydrogen-bond donors (Lipinski definition) is 0. The van der Waals surface area contributed by atoms with E-state index < -0.39 is 0 Å². The fraction of sp³-hybridized carbons (Fsp3) is 0.263. The van der Waals surface area contributed by atoms with Crippen molar-refractivity contribution in [1.82, 2.24) is 9.88 Å². The van der Waals surface area contributed by atoms with Crippen LogP contribution in [-0.4, -0.2) is 22.8 Å². The lowest BCUT2D eigenvalue weighted by atomic mass is 9.90. The smallest absolute Gasteiger partial charge is 0.210 e. The minimum Gasteiger partial charge on any atom is -0.336 e. The number of likely N-dealkylation sites (tertiary alicyclic amines) is 1. The molecule has 1 aliphatic carbocycles. The summed E-state index contributed by atoms with van der Waals surface area (Å²) in [5.41, 5.74) is 1.86. The Labute approximate surface area is 130 Å². The molecule has 108 valence electrons. The van der Waals surface area contributed by atoms with Gasteiger partial charge in [-0.25, -0.2) is 4.98 Å². The van der Waals surface area contributed by atoms with E-state index in [1.165, 1.54) is 5.56 Å². The van der Waals surface area contributed by atoms with Crippen molar-refractivity contribution in [2.75, 3.05) is 6.54 Å². The van der Waals surface area contributed by atoms with E-state index in [0.29, 0.717) is 5.92 Å². The second-order valence-corrected chi connectivity index (χ2v) is 6.02. The number of carbonyl (C=O) groups excluding carboxylic acids is 1. The van der Waals surface area contributed by atoms with Crippen molar-refractivity contribution < 1.29 is 4.79 Å². The Bertz CT molecular complexity index is 747. The van der Waals surface area contributed by atoms with Gasteiger partial charge < -0.3 is 4.90 Å². The van der Waals surface area contributed by atoms with Crippen LogP contribution in [-0.2, 0) is 4.79 Å². The standard InChI is InChI=1S/C19H16N2O/c22-14-21-13-16-12-19(16,10-9-17-8-4-5-11-20-17)18(21)15-6-2-1-3-7-15/h1-8,11,14,16,18H,12-13H2. The number of piperidine rings is 1. The average Bonchev–Trinajstić information content (AvgIpc) is 3.19. The zero-order valence-electron chi connectivity index (χ0n) is 12.1. The summed E-state index contributed by atoms with van der Waals surface area (Å²) < 4.78 is 0. The largest absolute Gasteiger partial charge is 0.336 e. The van der Waals surface area contributed by atoms with Gasteiger partial charge in [0.05, 0.1) is 11.5 Å². The number of aromatic nitrogens is 1. The lowest BCUT2D eigenvalue weighted by molar-refractivity contribution is -0.119. The molecule has 4 rings (SSSR count). The van der Waals surface area contributed by atoms with Gasteiger partial charge in [-0.3, -0.25) is 4.79 Å². The molecular formula is C19H16N2O. The minimum atomic E-state index is -0.0974. The summed E-state index contributed by atoms with van der Waals surface area (Å²) in [4.78, 5) is 17.6. The summed E-state index contributed by atoms with van der Waals surface area (Å²) in [5.74, 6) is 7.14. The summed E-state index contributed by atoms with van der Waals surface area (Å²) in [6.45, 7) is 0.806. The SMILES string of the molecule is O=CN1CC2CC2(C#Cc2ccccn2)C1c1ccccc1. The Hall–Kier alpha value is -2.60. The quantitative estimate of drug-likeness (QED) is 0.629. The molecule has 0 spiro atoms. The number of benzene rings is 1. The predicted molar refractivity (Wildman–Crippen MR) is 83.6 cm³/mol. The van der Waals surface area contributed by atoms with Gasteiger partial charge in [0, 0.05) is 12.7 Å². The lowest BCUT2D eigenvalue weighted by Gasteiger charge is -2.27. The van der Waals surface area contributed by atoms with E-state index in [9.17, 15) is 4.79 Å². The third-order valence-electron chi connectivity index (χ3n) is 4.74. The first-order chi connectivity index (χ1) is 10.8. The van der Waals surface area contributed by atoms with E-state index in [2.05, 4.69) is 29.0 Å². The zero-order chi connectivity index (χ0) is 15.0. The first-order valence-corrected chi connectivity index (χ1v) is 7.54. The van der Waals surface area contributed by atoms with Gasteiger partial charge in [0.25, 0.3) is 0 Å². The highest BCUT2D eigenvalue weighted by Crippen LogP contribution is 2.66. The van der Waals surface area contributed by atoms with Gasteiger partial charge in [-0.05, 0) is 36.0 Å². The van der Waals surface area contributed by atoms with Crippen LogP contribution in [0.4, 0.5) is 0 Å². The Morgan fingerprint density at radius 3 is 2.73 bits per heavy atom. The maximum Gasteiger partial charge on any atom is 0.210 e. The highest BCUT2D eigenvalue weighted by atomic mass is 16.1. The van der Waals surface area contributed by atoms with Crippen LogP contribution in [0.2, 0.25) is 0 Å². The highest BCUT2D eigenvalue weighted by Gasteiger charge is 2.65. The van der Waals surface area contributed by atoms with E-state index in [1.807, 2.05) is 41.3 Å². The van der Waals surface area contributed by atoms with E-state index in [0.717, 1.165) is 25.1 Å². The molecule has 3 nitrogen and oxygen atoms in total. The summed E-state index contributed by atoms with van der Waals surface area (Å²) in [7, 11) is 0. The number of hydrogen-bond acceptors (Lipinski definition) is 2. The number of amides is 1. The van der Waals surface area contributed by atoms with Gasteiger partial charge in [-0.15, -0.1) is 0 Å². The molecule has 3 heteroatoms. The Kier molecular flexibility index (Phi) is 2.97. The second kappa shape index (κ2) is 4.99. The molecular weight excluding hydrogens is 272 g/mol. The van der Waals surface area contributed by atoms with Crippen molar-refractivity contribution in [3.05, 3.63) is 66.0 Å². The monoisotopic (exact) mass is 288 g/mol. The number of rotatable bonds is 2. The normalized spacial score (nSPS) is 28.5. The third-order valence-corrected chi connectivity index (χ3v) is 4.74.